The monoisotopic (exact) mass is 310 g/mol. The van der Waals surface area contributed by atoms with E-state index in [0.29, 0.717) is 0 Å². The third kappa shape index (κ3) is 2.52. The molecule has 24 heavy (non-hydrogen) atoms. The van der Waals surface area contributed by atoms with Gasteiger partial charge in [0.25, 0.3) is 0 Å². The predicted molar refractivity (Wildman–Crippen MR) is 104 cm³/mol. The largest absolute Gasteiger partial charge is 0.279 e. The van der Waals surface area contributed by atoms with Gasteiger partial charge in [0.2, 0.25) is 0 Å². The maximum absolute atomic E-state index is 4.47. The molecule has 0 heterocycles. The lowest BCUT2D eigenvalue weighted by atomic mass is 9.93. The van der Waals surface area contributed by atoms with E-state index in [9.17, 15) is 0 Å². The first kappa shape index (κ1) is 14.5. The molecule has 0 aliphatic carbocycles. The van der Waals surface area contributed by atoms with E-state index in [0.717, 1.165) is 11.3 Å². The third-order valence-corrected chi connectivity index (χ3v) is 4.40. The zero-order valence-corrected chi connectivity index (χ0v) is 13.5. The average Bonchev–Trinajstić information content (AvgIpc) is 2.65. The fraction of sp³-hybridized carbons (Fsp3) is 0.0455. The first-order valence-electron chi connectivity index (χ1n) is 8.09. The van der Waals surface area contributed by atoms with Gasteiger partial charge in [0.05, 0.1) is 11.9 Å². The smallest absolute Gasteiger partial charge is 0.0561 e. The number of hydrazone groups is 1. The topological polar surface area (TPSA) is 24.4 Å². The van der Waals surface area contributed by atoms with E-state index in [4.69, 9.17) is 0 Å². The Morgan fingerprint density at radius 3 is 1.75 bits per heavy atom. The summed E-state index contributed by atoms with van der Waals surface area (Å²) in [7, 11) is 0. The van der Waals surface area contributed by atoms with Crippen molar-refractivity contribution in [3.8, 4) is 0 Å². The molecule has 1 N–H and O–H groups in total. The van der Waals surface area contributed by atoms with Crippen LogP contribution < -0.4 is 5.43 Å². The van der Waals surface area contributed by atoms with Gasteiger partial charge >= 0.3 is 0 Å². The van der Waals surface area contributed by atoms with Crippen molar-refractivity contribution in [1.29, 1.82) is 0 Å². The molecule has 116 valence electrons. The predicted octanol–water partition coefficient (Wildman–Crippen LogP) is 5.75. The first-order chi connectivity index (χ1) is 11.8. The summed E-state index contributed by atoms with van der Waals surface area (Å²) in [5.41, 5.74) is 6.55. The van der Waals surface area contributed by atoms with Gasteiger partial charge in [0, 0.05) is 5.56 Å². The summed E-state index contributed by atoms with van der Waals surface area (Å²) in [6.45, 7) is 2.19. The standard InChI is InChI=1S/C22H18N2/c1-16-18-11-5-7-13-20(18)22(21-14-8-6-12-19(16)21)15-23-24-17-9-3-2-4-10-17/h2-15,24H,1H3/b23-15-. The Morgan fingerprint density at radius 1 is 0.667 bits per heavy atom. The second kappa shape index (κ2) is 6.17. The summed E-state index contributed by atoms with van der Waals surface area (Å²) in [6, 6.07) is 27.0. The SMILES string of the molecule is Cc1c2ccccc2c(/C=N\Nc2ccccc2)c2ccccc12. The zero-order valence-electron chi connectivity index (χ0n) is 13.5. The lowest BCUT2D eigenvalue weighted by Gasteiger charge is -2.12. The van der Waals surface area contributed by atoms with Crippen molar-refractivity contribution in [3.63, 3.8) is 0 Å². The fourth-order valence-corrected chi connectivity index (χ4v) is 3.20. The molecule has 4 aromatic carbocycles. The number of aryl methyl sites for hydroxylation is 1. The summed E-state index contributed by atoms with van der Waals surface area (Å²) in [5, 5.41) is 9.48. The van der Waals surface area contributed by atoms with Crippen molar-refractivity contribution in [1.82, 2.24) is 0 Å². The zero-order chi connectivity index (χ0) is 16.4. The highest BCUT2D eigenvalue weighted by molar-refractivity contribution is 6.15. The molecule has 2 nitrogen and oxygen atoms in total. The number of para-hydroxylation sites is 1. The van der Waals surface area contributed by atoms with Crippen LogP contribution in [0.15, 0.2) is 84.0 Å². The van der Waals surface area contributed by atoms with Crippen molar-refractivity contribution in [2.45, 2.75) is 6.92 Å². The Bertz CT molecular complexity index is 977. The van der Waals surface area contributed by atoms with Gasteiger partial charge in [-0.2, -0.15) is 5.10 Å². The Morgan fingerprint density at radius 2 is 1.17 bits per heavy atom. The number of hydrogen-bond acceptors (Lipinski definition) is 2. The van der Waals surface area contributed by atoms with E-state index in [2.05, 4.69) is 66.0 Å². The fourth-order valence-electron chi connectivity index (χ4n) is 3.20. The number of nitrogens with zero attached hydrogens (tertiary/aromatic N) is 1. The molecule has 2 heteroatoms. The number of anilines is 1. The van der Waals surface area contributed by atoms with Crippen molar-refractivity contribution in [2.75, 3.05) is 5.43 Å². The Hall–Kier alpha value is -3.13. The first-order valence-corrected chi connectivity index (χ1v) is 8.09. The van der Waals surface area contributed by atoms with Crippen LogP contribution in [0.25, 0.3) is 21.5 Å². The molecule has 0 aliphatic heterocycles. The van der Waals surface area contributed by atoms with E-state index >= 15 is 0 Å². The summed E-state index contributed by atoms with van der Waals surface area (Å²) in [6.07, 6.45) is 1.93. The van der Waals surface area contributed by atoms with Crippen LogP contribution in [0.5, 0.6) is 0 Å². The van der Waals surface area contributed by atoms with Crippen LogP contribution in [0.3, 0.4) is 0 Å². The Kier molecular flexibility index (Phi) is 3.72. The van der Waals surface area contributed by atoms with E-state index in [-0.39, 0.29) is 0 Å². The number of fused-ring (bicyclic) bond motifs is 2. The van der Waals surface area contributed by atoms with Gasteiger partial charge < -0.3 is 0 Å². The van der Waals surface area contributed by atoms with Gasteiger partial charge in [-0.1, -0.05) is 66.7 Å². The van der Waals surface area contributed by atoms with Gasteiger partial charge in [0.1, 0.15) is 0 Å². The molecule has 0 aromatic heterocycles. The van der Waals surface area contributed by atoms with E-state index < -0.39 is 0 Å². The average molecular weight is 310 g/mol. The molecule has 0 atom stereocenters. The summed E-state index contributed by atoms with van der Waals surface area (Å²) in [4.78, 5) is 0. The maximum atomic E-state index is 4.47. The van der Waals surface area contributed by atoms with Gasteiger partial charge in [-0.3, -0.25) is 5.43 Å². The number of benzene rings is 4. The summed E-state index contributed by atoms with van der Waals surface area (Å²) in [5.74, 6) is 0. The highest BCUT2D eigenvalue weighted by atomic mass is 15.3. The van der Waals surface area contributed by atoms with Gasteiger partial charge in [-0.25, -0.2) is 0 Å². The summed E-state index contributed by atoms with van der Waals surface area (Å²) < 4.78 is 0. The minimum Gasteiger partial charge on any atom is -0.279 e. The summed E-state index contributed by atoms with van der Waals surface area (Å²) >= 11 is 0. The van der Waals surface area contributed by atoms with E-state index in [1.54, 1.807) is 0 Å². The highest BCUT2D eigenvalue weighted by Crippen LogP contribution is 2.31. The molecular formula is C22H18N2. The number of nitrogens with one attached hydrogen (secondary N) is 1. The molecule has 4 aromatic rings. The molecule has 0 radical (unpaired) electrons. The molecule has 0 aliphatic rings. The van der Waals surface area contributed by atoms with Crippen LogP contribution in [-0.4, -0.2) is 6.21 Å². The molecular weight excluding hydrogens is 292 g/mol. The van der Waals surface area contributed by atoms with Crippen LogP contribution in [0.1, 0.15) is 11.1 Å². The maximum Gasteiger partial charge on any atom is 0.0561 e. The molecule has 0 saturated heterocycles. The lowest BCUT2D eigenvalue weighted by molar-refractivity contribution is 1.35. The van der Waals surface area contributed by atoms with Crippen LogP contribution in [0.4, 0.5) is 5.69 Å². The molecule has 0 unspecified atom stereocenters. The van der Waals surface area contributed by atoms with Crippen LogP contribution in [-0.2, 0) is 0 Å². The Balaban J connectivity index is 1.87. The van der Waals surface area contributed by atoms with Crippen LogP contribution >= 0.6 is 0 Å². The molecule has 0 saturated carbocycles. The minimum absolute atomic E-state index is 0.981. The highest BCUT2D eigenvalue weighted by Gasteiger charge is 2.09. The van der Waals surface area contributed by atoms with E-state index in [1.165, 1.54) is 27.1 Å². The molecule has 0 bridgehead atoms. The van der Waals surface area contributed by atoms with Crippen molar-refractivity contribution in [2.24, 2.45) is 5.10 Å². The lowest BCUT2D eigenvalue weighted by Crippen LogP contribution is -1.94. The number of hydrogen-bond donors (Lipinski definition) is 1. The quantitative estimate of drug-likeness (QED) is 0.291. The number of rotatable bonds is 3. The van der Waals surface area contributed by atoms with Gasteiger partial charge in [0.15, 0.2) is 0 Å². The second-order valence-corrected chi connectivity index (χ2v) is 5.87. The second-order valence-electron chi connectivity index (χ2n) is 5.87. The molecule has 0 amide bonds. The van der Waals surface area contributed by atoms with Crippen molar-refractivity contribution in [3.05, 3.63) is 90.0 Å². The normalized spacial score (nSPS) is 11.4. The minimum atomic E-state index is 0.981. The molecule has 0 spiro atoms. The van der Waals surface area contributed by atoms with Crippen molar-refractivity contribution >= 4 is 33.4 Å². The van der Waals surface area contributed by atoms with Gasteiger partial charge in [-0.15, -0.1) is 0 Å². The van der Waals surface area contributed by atoms with Crippen molar-refractivity contribution < 1.29 is 0 Å². The van der Waals surface area contributed by atoms with E-state index in [1.807, 2.05) is 36.5 Å². The van der Waals surface area contributed by atoms with Gasteiger partial charge in [-0.05, 0) is 46.2 Å². The Labute approximate surface area is 141 Å². The molecule has 0 fully saturated rings. The van der Waals surface area contributed by atoms with Crippen LogP contribution in [0, 0.1) is 6.92 Å². The third-order valence-electron chi connectivity index (χ3n) is 4.40. The van der Waals surface area contributed by atoms with Crippen LogP contribution in [0.2, 0.25) is 0 Å². The molecule has 4 rings (SSSR count).